The number of carbonyl (C=O) groups excluding carboxylic acids is 1. The van der Waals surface area contributed by atoms with Crippen molar-refractivity contribution in [2.24, 2.45) is 0 Å². The standard InChI is InChI=1S/C15H16F2N2O2/c1-2-3-4-9-7-13(20)19-12-8-10(5-6-11(9)12)18-15(21)14(16)17/h5-8,14H,2-4H2,1H3,(H,18,21)(H,19,20). The maximum Gasteiger partial charge on any atom is 0.315 e. The Hall–Kier alpha value is -2.24. The summed E-state index contributed by atoms with van der Waals surface area (Å²) in [6.45, 7) is 2.06. The molecule has 0 spiro atoms. The van der Waals surface area contributed by atoms with Gasteiger partial charge in [0.1, 0.15) is 0 Å². The number of aromatic amines is 1. The Labute approximate surface area is 120 Å². The summed E-state index contributed by atoms with van der Waals surface area (Å²) in [5, 5.41) is 2.96. The Balaban J connectivity index is 2.39. The van der Waals surface area contributed by atoms with Gasteiger partial charge in [-0.05, 0) is 30.5 Å². The number of fused-ring (bicyclic) bond motifs is 1. The van der Waals surface area contributed by atoms with Crippen LogP contribution in [0.5, 0.6) is 0 Å². The minimum Gasteiger partial charge on any atom is -0.322 e. The molecule has 0 aliphatic carbocycles. The number of aromatic nitrogens is 1. The van der Waals surface area contributed by atoms with Crippen molar-refractivity contribution in [2.45, 2.75) is 32.6 Å². The minimum atomic E-state index is -3.07. The van der Waals surface area contributed by atoms with Crippen LogP contribution in [0.2, 0.25) is 0 Å². The number of rotatable bonds is 5. The molecule has 112 valence electrons. The van der Waals surface area contributed by atoms with Gasteiger partial charge in [-0.25, -0.2) is 0 Å². The second-order valence-electron chi connectivity index (χ2n) is 4.81. The van der Waals surface area contributed by atoms with Crippen molar-refractivity contribution in [3.8, 4) is 0 Å². The summed E-state index contributed by atoms with van der Waals surface area (Å²) >= 11 is 0. The quantitative estimate of drug-likeness (QED) is 0.890. The van der Waals surface area contributed by atoms with E-state index in [-0.39, 0.29) is 11.2 Å². The van der Waals surface area contributed by atoms with E-state index >= 15 is 0 Å². The third kappa shape index (κ3) is 3.65. The van der Waals surface area contributed by atoms with Crippen molar-refractivity contribution in [1.82, 2.24) is 4.98 Å². The molecule has 2 N–H and O–H groups in total. The van der Waals surface area contributed by atoms with Gasteiger partial charge in [-0.1, -0.05) is 19.4 Å². The van der Waals surface area contributed by atoms with Gasteiger partial charge in [-0.2, -0.15) is 8.78 Å². The van der Waals surface area contributed by atoms with E-state index in [4.69, 9.17) is 0 Å². The average Bonchev–Trinajstić information content (AvgIpc) is 2.44. The summed E-state index contributed by atoms with van der Waals surface area (Å²) in [5.74, 6) is -1.36. The summed E-state index contributed by atoms with van der Waals surface area (Å²) in [5.41, 5.74) is 1.44. The third-order valence-electron chi connectivity index (χ3n) is 3.19. The minimum absolute atomic E-state index is 0.232. The Bertz CT molecular complexity index is 710. The molecule has 1 heterocycles. The van der Waals surface area contributed by atoms with Gasteiger partial charge in [0.2, 0.25) is 5.56 Å². The number of carbonyl (C=O) groups is 1. The van der Waals surface area contributed by atoms with Crippen molar-refractivity contribution in [2.75, 3.05) is 5.32 Å². The van der Waals surface area contributed by atoms with Crippen LogP contribution in [-0.4, -0.2) is 17.3 Å². The molecule has 6 heteroatoms. The molecule has 0 saturated carbocycles. The number of benzene rings is 1. The summed E-state index contributed by atoms with van der Waals surface area (Å²) in [4.78, 5) is 25.3. The molecule has 1 amide bonds. The first-order valence-electron chi connectivity index (χ1n) is 6.76. The van der Waals surface area contributed by atoms with Crippen LogP contribution in [0.1, 0.15) is 25.3 Å². The molecule has 1 aromatic heterocycles. The number of alkyl halides is 2. The van der Waals surface area contributed by atoms with E-state index < -0.39 is 12.3 Å². The number of halogens is 2. The molecule has 0 unspecified atom stereocenters. The van der Waals surface area contributed by atoms with Gasteiger partial charge in [0.05, 0.1) is 5.52 Å². The summed E-state index contributed by atoms with van der Waals surface area (Å²) < 4.78 is 24.5. The van der Waals surface area contributed by atoms with Gasteiger partial charge in [-0.15, -0.1) is 0 Å². The van der Waals surface area contributed by atoms with Crippen molar-refractivity contribution in [3.05, 3.63) is 40.2 Å². The Morgan fingerprint density at radius 3 is 2.76 bits per heavy atom. The van der Waals surface area contributed by atoms with Crippen molar-refractivity contribution in [1.29, 1.82) is 0 Å². The van der Waals surface area contributed by atoms with Crippen LogP contribution in [0.4, 0.5) is 14.5 Å². The largest absolute Gasteiger partial charge is 0.322 e. The Morgan fingerprint density at radius 1 is 1.33 bits per heavy atom. The molecule has 21 heavy (non-hydrogen) atoms. The second-order valence-corrected chi connectivity index (χ2v) is 4.81. The Kier molecular flexibility index (Phi) is 4.67. The van der Waals surface area contributed by atoms with Crippen LogP contribution in [0, 0.1) is 0 Å². The van der Waals surface area contributed by atoms with E-state index in [1.165, 1.54) is 6.07 Å². The van der Waals surface area contributed by atoms with Gasteiger partial charge < -0.3 is 10.3 Å². The summed E-state index contributed by atoms with van der Waals surface area (Å²) in [6.07, 6.45) is -0.325. The lowest BCUT2D eigenvalue weighted by molar-refractivity contribution is -0.126. The summed E-state index contributed by atoms with van der Waals surface area (Å²) in [7, 11) is 0. The normalized spacial score (nSPS) is 11.0. The van der Waals surface area contributed by atoms with Crippen molar-refractivity contribution in [3.63, 3.8) is 0 Å². The van der Waals surface area contributed by atoms with Gasteiger partial charge >= 0.3 is 6.43 Å². The first-order valence-corrected chi connectivity index (χ1v) is 6.76. The van der Waals surface area contributed by atoms with Crippen LogP contribution < -0.4 is 10.9 Å². The van der Waals surface area contributed by atoms with E-state index in [2.05, 4.69) is 17.2 Å². The highest BCUT2D eigenvalue weighted by Crippen LogP contribution is 2.21. The number of hydrogen-bond donors (Lipinski definition) is 2. The van der Waals surface area contributed by atoms with Crippen molar-refractivity contribution < 1.29 is 13.6 Å². The molecule has 1 aromatic carbocycles. The molecule has 0 bridgehead atoms. The molecule has 0 atom stereocenters. The average molecular weight is 294 g/mol. The first-order chi connectivity index (χ1) is 10.0. The molecule has 2 aromatic rings. The van der Waals surface area contributed by atoms with Gasteiger partial charge in [-0.3, -0.25) is 9.59 Å². The van der Waals surface area contributed by atoms with Gasteiger partial charge in [0, 0.05) is 17.1 Å². The molecule has 0 radical (unpaired) electrons. The fourth-order valence-corrected chi connectivity index (χ4v) is 2.18. The molecule has 0 fully saturated rings. The van der Waals surface area contributed by atoms with E-state index in [1.54, 1.807) is 18.2 Å². The zero-order valence-electron chi connectivity index (χ0n) is 11.6. The smallest absolute Gasteiger partial charge is 0.315 e. The number of anilines is 1. The maximum absolute atomic E-state index is 12.2. The molecule has 0 saturated heterocycles. The lowest BCUT2D eigenvalue weighted by Gasteiger charge is -2.09. The van der Waals surface area contributed by atoms with Gasteiger partial charge in [0.15, 0.2) is 0 Å². The number of amides is 1. The van der Waals surface area contributed by atoms with E-state index in [9.17, 15) is 18.4 Å². The third-order valence-corrected chi connectivity index (χ3v) is 3.19. The molecule has 4 nitrogen and oxygen atoms in total. The number of hydrogen-bond acceptors (Lipinski definition) is 2. The fraction of sp³-hybridized carbons (Fsp3) is 0.333. The van der Waals surface area contributed by atoms with Crippen molar-refractivity contribution >= 4 is 22.5 Å². The number of pyridine rings is 1. The van der Waals surface area contributed by atoms with Crippen LogP contribution in [0.3, 0.4) is 0 Å². The fourth-order valence-electron chi connectivity index (χ4n) is 2.18. The molecular formula is C15H16F2N2O2. The Morgan fingerprint density at radius 2 is 2.10 bits per heavy atom. The zero-order chi connectivity index (χ0) is 15.4. The van der Waals surface area contributed by atoms with E-state index in [1.807, 2.05) is 0 Å². The predicted octanol–water partition coefficient (Wildman–Crippen LogP) is 3.07. The molecule has 0 aliphatic heterocycles. The number of H-pyrrole nitrogens is 1. The van der Waals surface area contributed by atoms with E-state index in [0.717, 1.165) is 30.2 Å². The topological polar surface area (TPSA) is 62.0 Å². The number of nitrogens with one attached hydrogen (secondary N) is 2. The summed E-state index contributed by atoms with van der Waals surface area (Å²) in [6, 6.07) is 6.32. The van der Waals surface area contributed by atoms with Crippen LogP contribution in [0.15, 0.2) is 29.1 Å². The molecular weight excluding hydrogens is 278 g/mol. The van der Waals surface area contributed by atoms with E-state index in [0.29, 0.717) is 5.52 Å². The number of aryl methyl sites for hydroxylation is 1. The SMILES string of the molecule is CCCCc1cc(=O)[nH]c2cc(NC(=O)C(F)F)ccc12. The van der Waals surface area contributed by atoms with Gasteiger partial charge in [0.25, 0.3) is 5.91 Å². The molecule has 0 aliphatic rings. The zero-order valence-corrected chi connectivity index (χ0v) is 11.6. The van der Waals surface area contributed by atoms with Crippen LogP contribution >= 0.6 is 0 Å². The molecule has 2 rings (SSSR count). The lowest BCUT2D eigenvalue weighted by atomic mass is 10.0. The monoisotopic (exact) mass is 294 g/mol. The highest BCUT2D eigenvalue weighted by molar-refractivity contribution is 5.95. The van der Waals surface area contributed by atoms with Crippen LogP contribution in [0.25, 0.3) is 10.9 Å². The van der Waals surface area contributed by atoms with Crippen LogP contribution in [-0.2, 0) is 11.2 Å². The lowest BCUT2D eigenvalue weighted by Crippen LogP contribution is -2.20. The number of unbranched alkanes of at least 4 members (excludes halogenated alkanes) is 1. The highest BCUT2D eigenvalue weighted by Gasteiger charge is 2.15. The first kappa shape index (κ1) is 15.2. The second kappa shape index (κ2) is 6.47. The maximum atomic E-state index is 12.2. The highest BCUT2D eigenvalue weighted by atomic mass is 19.3. The predicted molar refractivity (Wildman–Crippen MR) is 77.8 cm³/mol.